The number of aliphatic imine (C=N–C) groups is 1. The maximum atomic E-state index is 11.4. The number of nitrogens with two attached hydrogens (primary N) is 1. The van der Waals surface area contributed by atoms with Crippen molar-refractivity contribution >= 4 is 11.6 Å². The van der Waals surface area contributed by atoms with Crippen LogP contribution in [0.4, 0.5) is 0 Å². The molecule has 2 N–H and O–H groups in total. The molecule has 0 aliphatic rings. The van der Waals surface area contributed by atoms with Gasteiger partial charge < -0.3 is 5.73 Å². The summed E-state index contributed by atoms with van der Waals surface area (Å²) >= 11 is 0. The molecule has 0 saturated carbocycles. The third kappa shape index (κ3) is 3.68. The Kier molecular flexibility index (Phi) is 4.71. The third-order valence-electron chi connectivity index (χ3n) is 2.99. The first-order valence-corrected chi connectivity index (χ1v) is 6.64. The number of benzene rings is 1. The Bertz CT molecular complexity index is 652. The van der Waals surface area contributed by atoms with Gasteiger partial charge >= 0.3 is 0 Å². The van der Waals surface area contributed by atoms with E-state index in [4.69, 9.17) is 5.73 Å². The van der Waals surface area contributed by atoms with Crippen LogP contribution in [0.15, 0.2) is 41.8 Å². The molecule has 0 aliphatic carbocycles. The minimum absolute atomic E-state index is 0.171. The van der Waals surface area contributed by atoms with Crippen molar-refractivity contribution in [1.29, 1.82) is 0 Å². The Morgan fingerprint density at radius 2 is 2.10 bits per heavy atom. The summed E-state index contributed by atoms with van der Waals surface area (Å²) < 4.78 is 0. The number of nitrogens with zero attached hydrogens (tertiary/aromatic N) is 4. The van der Waals surface area contributed by atoms with E-state index in [2.05, 4.69) is 20.2 Å². The van der Waals surface area contributed by atoms with E-state index in [1.807, 2.05) is 26.0 Å². The molecule has 6 heteroatoms. The van der Waals surface area contributed by atoms with Crippen LogP contribution in [0.3, 0.4) is 0 Å². The average Bonchev–Trinajstić information content (AvgIpc) is 2.48. The molecule has 0 atom stereocenters. The minimum Gasteiger partial charge on any atom is -0.366 e. The number of aromatic nitrogens is 3. The summed E-state index contributed by atoms with van der Waals surface area (Å²) in [6, 6.07) is 7.18. The number of rotatable bonds is 5. The van der Waals surface area contributed by atoms with Gasteiger partial charge in [0.25, 0.3) is 0 Å². The molecule has 21 heavy (non-hydrogen) atoms. The molecule has 0 fully saturated rings. The smallest absolute Gasteiger partial charge is 0.249 e. The molecule has 1 aromatic heterocycles. The van der Waals surface area contributed by atoms with Gasteiger partial charge in [0.1, 0.15) is 12.0 Å². The second-order valence-electron chi connectivity index (χ2n) is 4.87. The lowest BCUT2D eigenvalue weighted by molar-refractivity contribution is 0.0999. The summed E-state index contributed by atoms with van der Waals surface area (Å²) in [5.74, 6) is -0.280. The Balaban J connectivity index is 2.32. The second kappa shape index (κ2) is 6.69. The Morgan fingerprint density at radius 3 is 2.71 bits per heavy atom. The molecule has 1 heterocycles. The summed E-state index contributed by atoms with van der Waals surface area (Å²) in [5.41, 5.74) is 8.09. The van der Waals surface area contributed by atoms with Crippen molar-refractivity contribution < 1.29 is 4.79 Å². The van der Waals surface area contributed by atoms with E-state index >= 15 is 0 Å². The van der Waals surface area contributed by atoms with Gasteiger partial charge in [-0.2, -0.15) is 0 Å². The largest absolute Gasteiger partial charge is 0.366 e. The van der Waals surface area contributed by atoms with Crippen LogP contribution < -0.4 is 5.73 Å². The zero-order chi connectivity index (χ0) is 15.2. The summed E-state index contributed by atoms with van der Waals surface area (Å²) in [7, 11) is 0. The predicted molar refractivity (Wildman–Crippen MR) is 79.9 cm³/mol. The molecule has 2 aromatic rings. The highest BCUT2D eigenvalue weighted by molar-refractivity contribution is 6.00. The fourth-order valence-electron chi connectivity index (χ4n) is 1.99. The third-order valence-corrected chi connectivity index (χ3v) is 2.99. The topological polar surface area (TPSA) is 94.1 Å². The maximum Gasteiger partial charge on any atom is 0.249 e. The van der Waals surface area contributed by atoms with E-state index in [9.17, 15) is 4.79 Å². The molecule has 2 rings (SSSR count). The van der Waals surface area contributed by atoms with Gasteiger partial charge in [-0.25, -0.2) is 4.98 Å². The van der Waals surface area contributed by atoms with Crippen LogP contribution in [0.2, 0.25) is 0 Å². The zero-order valence-corrected chi connectivity index (χ0v) is 12.0. The Labute approximate surface area is 123 Å². The molecule has 0 spiro atoms. The van der Waals surface area contributed by atoms with Gasteiger partial charge in [-0.3, -0.25) is 9.79 Å². The molecule has 0 aliphatic heterocycles. The molecular weight excluding hydrogens is 266 g/mol. The molecule has 0 bridgehead atoms. The number of hydrogen-bond donors (Lipinski definition) is 1. The van der Waals surface area contributed by atoms with Crippen molar-refractivity contribution in [3.05, 3.63) is 53.6 Å². The fraction of sp³-hybridized carbons (Fsp3) is 0.267. The van der Waals surface area contributed by atoms with Gasteiger partial charge in [0.2, 0.25) is 5.91 Å². The summed E-state index contributed by atoms with van der Waals surface area (Å²) in [6.07, 6.45) is 3.01. The van der Waals surface area contributed by atoms with E-state index < -0.39 is 5.91 Å². The van der Waals surface area contributed by atoms with Gasteiger partial charge in [-0.1, -0.05) is 32.0 Å². The van der Waals surface area contributed by atoms with Crippen LogP contribution in [0.25, 0.3) is 0 Å². The predicted octanol–water partition coefficient (Wildman–Crippen LogP) is 1.62. The van der Waals surface area contributed by atoms with Crippen LogP contribution in [0.5, 0.6) is 0 Å². The lowest BCUT2D eigenvalue weighted by Gasteiger charge is -2.10. The SMILES string of the molecule is CC(C)C(=NCc1ccccc1C(N)=O)c1cncnn1. The van der Waals surface area contributed by atoms with E-state index in [1.165, 1.54) is 6.33 Å². The lowest BCUT2D eigenvalue weighted by atomic mass is 10.0. The number of primary amides is 1. The quantitative estimate of drug-likeness (QED) is 0.843. The van der Waals surface area contributed by atoms with E-state index in [0.29, 0.717) is 17.8 Å². The van der Waals surface area contributed by atoms with Gasteiger partial charge in [-0.05, 0) is 17.5 Å². The second-order valence-corrected chi connectivity index (χ2v) is 4.87. The van der Waals surface area contributed by atoms with Gasteiger partial charge in [0, 0.05) is 5.56 Å². The highest BCUT2D eigenvalue weighted by Gasteiger charge is 2.12. The molecule has 0 radical (unpaired) electrons. The standard InChI is InChI=1S/C15H17N5O/c1-10(2)14(13-8-17-9-19-20-13)18-7-11-5-3-4-6-12(11)15(16)21/h3-6,8-10H,7H2,1-2H3,(H2,16,21). The van der Waals surface area contributed by atoms with Gasteiger partial charge in [0.15, 0.2) is 0 Å². The monoisotopic (exact) mass is 283 g/mol. The normalized spacial score (nSPS) is 11.7. The molecule has 0 unspecified atom stereocenters. The van der Waals surface area contributed by atoms with Gasteiger partial charge in [0.05, 0.1) is 18.5 Å². The number of carbonyl (C=O) groups is 1. The Morgan fingerprint density at radius 1 is 1.33 bits per heavy atom. The molecular formula is C15H17N5O. The molecule has 1 aromatic carbocycles. The Hall–Kier alpha value is -2.63. The van der Waals surface area contributed by atoms with Crippen LogP contribution in [-0.2, 0) is 6.54 Å². The maximum absolute atomic E-state index is 11.4. The molecule has 108 valence electrons. The first-order chi connectivity index (χ1) is 10.1. The highest BCUT2D eigenvalue weighted by Crippen LogP contribution is 2.12. The molecule has 6 nitrogen and oxygen atoms in total. The number of hydrogen-bond acceptors (Lipinski definition) is 5. The van der Waals surface area contributed by atoms with Crippen LogP contribution in [0.1, 0.15) is 35.5 Å². The van der Waals surface area contributed by atoms with E-state index in [0.717, 1.165) is 11.3 Å². The van der Waals surface area contributed by atoms with Crippen LogP contribution in [0, 0.1) is 5.92 Å². The van der Waals surface area contributed by atoms with Crippen molar-refractivity contribution in [1.82, 2.24) is 15.2 Å². The molecule has 0 saturated heterocycles. The van der Waals surface area contributed by atoms with Gasteiger partial charge in [-0.15, -0.1) is 10.2 Å². The van der Waals surface area contributed by atoms with Crippen molar-refractivity contribution in [3.63, 3.8) is 0 Å². The van der Waals surface area contributed by atoms with Crippen LogP contribution >= 0.6 is 0 Å². The summed E-state index contributed by atoms with van der Waals surface area (Å²) in [4.78, 5) is 19.9. The van der Waals surface area contributed by atoms with Crippen molar-refractivity contribution in [2.75, 3.05) is 0 Å². The van der Waals surface area contributed by atoms with Crippen LogP contribution in [-0.4, -0.2) is 26.8 Å². The van der Waals surface area contributed by atoms with E-state index in [1.54, 1.807) is 18.3 Å². The summed E-state index contributed by atoms with van der Waals surface area (Å²) in [6.45, 7) is 4.41. The molecule has 1 amide bonds. The summed E-state index contributed by atoms with van der Waals surface area (Å²) in [5, 5.41) is 7.81. The number of carbonyl (C=O) groups excluding carboxylic acids is 1. The van der Waals surface area contributed by atoms with Crippen molar-refractivity contribution in [2.45, 2.75) is 20.4 Å². The van der Waals surface area contributed by atoms with Crippen molar-refractivity contribution in [3.8, 4) is 0 Å². The lowest BCUT2D eigenvalue weighted by Crippen LogP contribution is -2.15. The minimum atomic E-state index is -0.451. The van der Waals surface area contributed by atoms with Crippen molar-refractivity contribution in [2.24, 2.45) is 16.6 Å². The highest BCUT2D eigenvalue weighted by atomic mass is 16.1. The fourth-order valence-corrected chi connectivity index (χ4v) is 1.99. The average molecular weight is 283 g/mol. The van der Waals surface area contributed by atoms with E-state index in [-0.39, 0.29) is 5.92 Å². The number of amides is 1. The first kappa shape index (κ1) is 14.8. The zero-order valence-electron chi connectivity index (χ0n) is 12.0. The first-order valence-electron chi connectivity index (χ1n) is 6.64.